The molecule has 2 saturated heterocycles. The SMILES string of the molecule is O=C(O)CCC(=O)O.c1cnc2cc3c(cc2n1)C1CNCC3C1.c1cnc2cc3c(cc2n1)C1CNCC3C1. The summed E-state index contributed by atoms with van der Waals surface area (Å²) in [7, 11) is 0. The summed E-state index contributed by atoms with van der Waals surface area (Å²) in [5, 5.41) is 22.8. The molecule has 40 heavy (non-hydrogen) atoms. The smallest absolute Gasteiger partial charge is 0.303 e. The summed E-state index contributed by atoms with van der Waals surface area (Å²) in [6, 6.07) is 8.98. The van der Waals surface area contributed by atoms with Crippen LogP contribution in [0.5, 0.6) is 0 Å². The number of carboxylic acid groups (broad SMARTS) is 2. The van der Waals surface area contributed by atoms with Crippen LogP contribution in [0.15, 0.2) is 49.1 Å². The molecule has 4 unspecified atom stereocenters. The number of carbonyl (C=O) groups is 2. The van der Waals surface area contributed by atoms with Crippen molar-refractivity contribution in [2.45, 2.75) is 49.4 Å². The number of fused-ring (bicyclic) bond motifs is 12. The number of rotatable bonds is 3. The minimum Gasteiger partial charge on any atom is -0.481 e. The van der Waals surface area contributed by atoms with Gasteiger partial charge in [-0.25, -0.2) is 0 Å². The fraction of sp³-hybridized carbons (Fsp3) is 0.400. The predicted octanol–water partition coefficient (Wildman–Crippen LogP) is 3.54. The van der Waals surface area contributed by atoms with Crippen LogP contribution < -0.4 is 10.6 Å². The zero-order valence-electron chi connectivity index (χ0n) is 22.1. The normalized spacial score (nSPS) is 23.3. The number of hydrogen-bond donors (Lipinski definition) is 4. The molecule has 2 fully saturated rings. The van der Waals surface area contributed by atoms with E-state index in [0.717, 1.165) is 48.2 Å². The second-order valence-electron chi connectivity index (χ2n) is 10.9. The Balaban J connectivity index is 0.000000116. The Kier molecular flexibility index (Phi) is 7.36. The van der Waals surface area contributed by atoms with Crippen LogP contribution in [0.4, 0.5) is 0 Å². The first kappa shape index (κ1) is 26.2. The van der Waals surface area contributed by atoms with Gasteiger partial charge in [-0.3, -0.25) is 29.5 Å². The summed E-state index contributed by atoms with van der Waals surface area (Å²) in [5.74, 6) is 0.625. The Morgan fingerprint density at radius 1 is 0.575 bits per heavy atom. The van der Waals surface area contributed by atoms with Crippen LogP contribution in [0.25, 0.3) is 22.1 Å². The van der Waals surface area contributed by atoms with E-state index in [9.17, 15) is 9.59 Å². The zero-order valence-corrected chi connectivity index (χ0v) is 22.1. The maximum absolute atomic E-state index is 9.64. The van der Waals surface area contributed by atoms with Crippen molar-refractivity contribution >= 4 is 34.0 Å². The quantitative estimate of drug-likeness (QED) is 0.304. The minimum absolute atomic E-state index is 0.296. The van der Waals surface area contributed by atoms with Crippen LogP contribution in [0.3, 0.4) is 0 Å². The molecule has 4 atom stereocenters. The molecule has 0 saturated carbocycles. The van der Waals surface area contributed by atoms with Crippen molar-refractivity contribution in [3.05, 3.63) is 71.3 Å². The molecule has 0 radical (unpaired) electrons. The number of hydrogen-bond acceptors (Lipinski definition) is 8. The van der Waals surface area contributed by atoms with Gasteiger partial charge in [0.15, 0.2) is 0 Å². The molecule has 10 heteroatoms. The molecule has 4 N–H and O–H groups in total. The fourth-order valence-electron chi connectivity index (χ4n) is 6.55. The van der Waals surface area contributed by atoms with Gasteiger partial charge in [0.1, 0.15) is 0 Å². The number of aliphatic carboxylic acids is 2. The number of piperidine rings is 2. The molecule has 10 nitrogen and oxygen atoms in total. The molecular weight excluding hydrogens is 508 g/mol. The van der Waals surface area contributed by atoms with E-state index in [4.69, 9.17) is 10.2 Å². The highest BCUT2D eigenvalue weighted by Gasteiger charge is 2.35. The van der Waals surface area contributed by atoms with Gasteiger partial charge in [-0.1, -0.05) is 0 Å². The molecule has 2 aromatic carbocycles. The van der Waals surface area contributed by atoms with Crippen LogP contribution in [-0.2, 0) is 9.59 Å². The van der Waals surface area contributed by atoms with Gasteiger partial charge in [0.2, 0.25) is 0 Å². The lowest BCUT2D eigenvalue weighted by Gasteiger charge is -2.19. The Labute approximate surface area is 231 Å². The predicted molar refractivity (Wildman–Crippen MR) is 150 cm³/mol. The van der Waals surface area contributed by atoms with Gasteiger partial charge < -0.3 is 20.8 Å². The van der Waals surface area contributed by atoms with Crippen LogP contribution in [0, 0.1) is 0 Å². The summed E-state index contributed by atoms with van der Waals surface area (Å²) >= 11 is 0. The molecule has 2 aliphatic carbocycles. The first-order chi connectivity index (χ1) is 19.5. The standard InChI is InChI=1S/2C13H13N3.C4H6O4/c2*1-2-16-13-5-11-9-3-8(6-14-7-9)10(11)4-12(13)15-1;5-3(6)1-2-4(7)8/h2*1-2,4-5,8-9,14H,3,6-7H2;1-2H2,(H,5,6)(H,7,8). The van der Waals surface area contributed by atoms with Crippen LogP contribution >= 0.6 is 0 Å². The van der Waals surface area contributed by atoms with E-state index in [1.54, 1.807) is 24.8 Å². The van der Waals surface area contributed by atoms with E-state index in [-0.39, 0.29) is 12.8 Å². The maximum Gasteiger partial charge on any atom is 0.303 e. The molecule has 4 heterocycles. The van der Waals surface area contributed by atoms with Crippen molar-refractivity contribution in [3.63, 3.8) is 0 Å². The molecule has 4 aliphatic rings. The topological polar surface area (TPSA) is 150 Å². The third kappa shape index (κ3) is 5.37. The van der Waals surface area contributed by atoms with Crippen molar-refractivity contribution in [2.24, 2.45) is 0 Å². The second-order valence-corrected chi connectivity index (χ2v) is 10.9. The van der Waals surface area contributed by atoms with Gasteiger partial charge >= 0.3 is 11.9 Å². The lowest BCUT2D eigenvalue weighted by atomic mass is 9.98. The van der Waals surface area contributed by atoms with Crippen molar-refractivity contribution in [1.29, 1.82) is 0 Å². The molecule has 2 aliphatic heterocycles. The van der Waals surface area contributed by atoms with Gasteiger partial charge in [-0.15, -0.1) is 0 Å². The maximum atomic E-state index is 9.64. The van der Waals surface area contributed by atoms with E-state index in [2.05, 4.69) is 54.8 Å². The first-order valence-electron chi connectivity index (χ1n) is 13.8. The number of nitrogens with zero attached hydrogens (tertiary/aromatic N) is 4. The average molecular weight is 541 g/mol. The fourth-order valence-corrected chi connectivity index (χ4v) is 6.55. The monoisotopic (exact) mass is 540 g/mol. The second kappa shape index (κ2) is 11.2. The molecule has 0 amide bonds. The molecule has 206 valence electrons. The molecule has 8 rings (SSSR count). The first-order valence-corrected chi connectivity index (χ1v) is 13.8. The number of nitrogens with one attached hydrogen (secondary N) is 2. The largest absolute Gasteiger partial charge is 0.481 e. The van der Waals surface area contributed by atoms with E-state index in [0.29, 0.717) is 23.7 Å². The van der Waals surface area contributed by atoms with E-state index < -0.39 is 11.9 Å². The molecule has 2 aromatic heterocycles. The van der Waals surface area contributed by atoms with E-state index in [1.807, 2.05) is 0 Å². The lowest BCUT2D eigenvalue weighted by Crippen LogP contribution is -2.28. The van der Waals surface area contributed by atoms with Gasteiger partial charge in [0.25, 0.3) is 0 Å². The Morgan fingerprint density at radius 3 is 1.10 bits per heavy atom. The summed E-state index contributed by atoms with van der Waals surface area (Å²) in [6.07, 6.45) is 9.10. The Hall–Kier alpha value is -4.02. The molecule has 0 spiro atoms. The summed E-state index contributed by atoms with van der Waals surface area (Å²) in [6.45, 7) is 4.48. The lowest BCUT2D eigenvalue weighted by molar-refractivity contribution is -0.143. The van der Waals surface area contributed by atoms with Crippen molar-refractivity contribution in [2.75, 3.05) is 26.2 Å². The summed E-state index contributed by atoms with van der Waals surface area (Å²) in [5.41, 5.74) is 10.2. The molecular formula is C30H32N6O4. The molecule has 4 bridgehead atoms. The van der Waals surface area contributed by atoms with Gasteiger partial charge in [-0.05, 0) is 83.0 Å². The number of carboxylic acids is 2. The van der Waals surface area contributed by atoms with Crippen molar-refractivity contribution in [3.8, 4) is 0 Å². The number of aromatic nitrogens is 4. The summed E-state index contributed by atoms with van der Waals surface area (Å²) in [4.78, 5) is 36.8. The highest BCUT2D eigenvalue weighted by atomic mass is 16.4. The summed E-state index contributed by atoms with van der Waals surface area (Å²) < 4.78 is 0. The van der Waals surface area contributed by atoms with Gasteiger partial charge in [0.05, 0.1) is 34.9 Å². The average Bonchev–Trinajstić information content (AvgIpc) is 3.36. The Morgan fingerprint density at radius 2 is 0.850 bits per heavy atom. The van der Waals surface area contributed by atoms with Crippen LogP contribution in [0.1, 0.15) is 71.6 Å². The third-order valence-corrected chi connectivity index (χ3v) is 8.36. The van der Waals surface area contributed by atoms with Crippen LogP contribution in [0.2, 0.25) is 0 Å². The zero-order chi connectivity index (χ0) is 27.6. The van der Waals surface area contributed by atoms with E-state index in [1.165, 1.54) is 35.1 Å². The molecule has 4 aromatic rings. The third-order valence-electron chi connectivity index (χ3n) is 8.36. The van der Waals surface area contributed by atoms with Crippen LogP contribution in [-0.4, -0.2) is 68.3 Å². The van der Waals surface area contributed by atoms with Crippen molar-refractivity contribution < 1.29 is 19.8 Å². The Bertz CT molecular complexity index is 1360. The minimum atomic E-state index is -1.08. The van der Waals surface area contributed by atoms with E-state index >= 15 is 0 Å². The van der Waals surface area contributed by atoms with Gasteiger partial charge in [0, 0.05) is 51.0 Å². The van der Waals surface area contributed by atoms with Crippen molar-refractivity contribution in [1.82, 2.24) is 30.6 Å². The van der Waals surface area contributed by atoms with Gasteiger partial charge in [-0.2, -0.15) is 0 Å². The highest BCUT2D eigenvalue weighted by Crippen LogP contribution is 2.45. The highest BCUT2D eigenvalue weighted by molar-refractivity contribution is 5.78. The number of benzene rings is 2.